The Kier molecular flexibility index (Phi) is 5.17. The molecule has 5 nitrogen and oxygen atoms in total. The van der Waals surface area contributed by atoms with Gasteiger partial charge in [-0.2, -0.15) is 17.4 Å². The zero-order valence-electron chi connectivity index (χ0n) is 10.0. The average Bonchev–Trinajstić information content (AvgIpc) is 2.28. The van der Waals surface area contributed by atoms with Crippen LogP contribution in [0.25, 0.3) is 0 Å². The highest BCUT2D eigenvalue weighted by Gasteiger charge is 2.26. The highest BCUT2D eigenvalue weighted by atomic mass is 32.2. The zero-order valence-corrected chi connectivity index (χ0v) is 10.8. The number of rotatable bonds is 5. The fraction of sp³-hybridized carbons (Fsp3) is 1.00. The van der Waals surface area contributed by atoms with Crippen molar-refractivity contribution >= 4 is 10.2 Å². The Balaban J connectivity index is 2.56. The van der Waals surface area contributed by atoms with E-state index in [9.17, 15) is 8.42 Å². The highest BCUT2D eigenvalue weighted by Crippen LogP contribution is 2.13. The first-order valence-corrected chi connectivity index (χ1v) is 7.29. The van der Waals surface area contributed by atoms with Gasteiger partial charge in [0.2, 0.25) is 0 Å². The van der Waals surface area contributed by atoms with Crippen LogP contribution in [0.3, 0.4) is 0 Å². The summed E-state index contributed by atoms with van der Waals surface area (Å²) in [7, 11) is -3.37. The Morgan fingerprint density at radius 1 is 1.25 bits per heavy atom. The molecule has 0 amide bonds. The van der Waals surface area contributed by atoms with Crippen molar-refractivity contribution in [1.29, 1.82) is 0 Å². The maximum absolute atomic E-state index is 11.9. The first-order chi connectivity index (χ1) is 7.47. The largest absolute Gasteiger partial charge is 0.396 e. The van der Waals surface area contributed by atoms with Crippen LogP contribution in [0, 0.1) is 5.92 Å². The third-order valence-electron chi connectivity index (χ3n) is 3.13. The monoisotopic (exact) mass is 250 g/mol. The standard InChI is InChI=1S/C10H22N2O3S/c1-9(8-13)10(2)11-16(14,15)12-6-4-3-5-7-12/h9-11,13H,3-8H2,1-2H3. The SMILES string of the molecule is CC(CO)C(C)NS(=O)(=O)N1CCCCC1. The van der Waals surface area contributed by atoms with Gasteiger partial charge in [0.1, 0.15) is 0 Å². The lowest BCUT2D eigenvalue weighted by molar-refractivity contribution is 0.214. The molecule has 0 spiro atoms. The summed E-state index contributed by atoms with van der Waals surface area (Å²) in [4.78, 5) is 0. The highest BCUT2D eigenvalue weighted by molar-refractivity contribution is 7.87. The minimum absolute atomic E-state index is 0.0102. The van der Waals surface area contributed by atoms with E-state index in [0.717, 1.165) is 19.3 Å². The molecule has 2 atom stereocenters. The Labute approximate surface area is 98.0 Å². The molecule has 2 unspecified atom stereocenters. The van der Waals surface area contributed by atoms with Crippen molar-refractivity contribution in [3.05, 3.63) is 0 Å². The second-order valence-corrected chi connectivity index (χ2v) is 6.23. The molecule has 0 radical (unpaired) electrons. The van der Waals surface area contributed by atoms with Crippen LogP contribution in [0.1, 0.15) is 33.1 Å². The molecule has 0 saturated carbocycles. The molecular weight excluding hydrogens is 228 g/mol. The third kappa shape index (κ3) is 3.69. The smallest absolute Gasteiger partial charge is 0.279 e. The summed E-state index contributed by atoms with van der Waals surface area (Å²) in [6.07, 6.45) is 2.98. The fourth-order valence-corrected chi connectivity index (χ4v) is 3.28. The molecular formula is C10H22N2O3S. The molecule has 1 saturated heterocycles. The lowest BCUT2D eigenvalue weighted by atomic mass is 10.1. The van der Waals surface area contributed by atoms with E-state index in [-0.39, 0.29) is 18.6 Å². The van der Waals surface area contributed by atoms with E-state index in [1.165, 1.54) is 4.31 Å². The van der Waals surface area contributed by atoms with Gasteiger partial charge in [-0.1, -0.05) is 13.3 Å². The molecule has 1 aliphatic heterocycles. The van der Waals surface area contributed by atoms with Crippen LogP contribution in [-0.2, 0) is 10.2 Å². The Hall–Kier alpha value is -0.170. The van der Waals surface area contributed by atoms with E-state index < -0.39 is 10.2 Å². The average molecular weight is 250 g/mol. The van der Waals surface area contributed by atoms with Gasteiger partial charge >= 0.3 is 0 Å². The Bertz CT molecular complexity index is 299. The molecule has 0 aliphatic carbocycles. The van der Waals surface area contributed by atoms with Crippen molar-refractivity contribution in [3.63, 3.8) is 0 Å². The quantitative estimate of drug-likeness (QED) is 0.738. The minimum Gasteiger partial charge on any atom is -0.396 e. The van der Waals surface area contributed by atoms with Crippen LogP contribution in [0.4, 0.5) is 0 Å². The van der Waals surface area contributed by atoms with Gasteiger partial charge in [0, 0.05) is 25.7 Å². The minimum atomic E-state index is -3.37. The Morgan fingerprint density at radius 2 is 1.81 bits per heavy atom. The number of aliphatic hydroxyl groups excluding tert-OH is 1. The van der Waals surface area contributed by atoms with Crippen molar-refractivity contribution in [2.45, 2.75) is 39.2 Å². The van der Waals surface area contributed by atoms with E-state index in [2.05, 4.69) is 4.72 Å². The Morgan fingerprint density at radius 3 is 2.31 bits per heavy atom. The fourth-order valence-electron chi connectivity index (χ4n) is 1.69. The van der Waals surface area contributed by atoms with E-state index in [1.807, 2.05) is 6.92 Å². The molecule has 0 bridgehead atoms. The first-order valence-electron chi connectivity index (χ1n) is 5.85. The van der Waals surface area contributed by atoms with E-state index in [0.29, 0.717) is 13.1 Å². The van der Waals surface area contributed by atoms with Crippen LogP contribution in [0.15, 0.2) is 0 Å². The molecule has 0 aromatic rings. The predicted molar refractivity (Wildman–Crippen MR) is 63.2 cm³/mol. The molecule has 6 heteroatoms. The number of aliphatic hydroxyl groups is 1. The van der Waals surface area contributed by atoms with Gasteiger partial charge < -0.3 is 5.11 Å². The molecule has 1 heterocycles. The van der Waals surface area contributed by atoms with Crippen molar-refractivity contribution in [1.82, 2.24) is 9.03 Å². The van der Waals surface area contributed by atoms with Gasteiger partial charge in [0.15, 0.2) is 0 Å². The van der Waals surface area contributed by atoms with Gasteiger partial charge in [0.05, 0.1) is 0 Å². The molecule has 0 aromatic carbocycles. The van der Waals surface area contributed by atoms with Crippen LogP contribution in [0.2, 0.25) is 0 Å². The normalized spacial score (nSPS) is 22.9. The van der Waals surface area contributed by atoms with Gasteiger partial charge in [-0.25, -0.2) is 0 Å². The van der Waals surface area contributed by atoms with Crippen molar-refractivity contribution in [2.75, 3.05) is 19.7 Å². The molecule has 1 aliphatic rings. The second-order valence-electron chi connectivity index (χ2n) is 4.53. The number of hydrogen-bond acceptors (Lipinski definition) is 3. The zero-order chi connectivity index (χ0) is 12.2. The van der Waals surface area contributed by atoms with Crippen LogP contribution in [-0.4, -0.2) is 43.6 Å². The molecule has 1 fully saturated rings. The molecule has 1 rings (SSSR count). The number of piperidine rings is 1. The van der Waals surface area contributed by atoms with Gasteiger partial charge in [0.25, 0.3) is 10.2 Å². The predicted octanol–water partition coefficient (Wildman–Crippen LogP) is 0.324. The van der Waals surface area contributed by atoms with Gasteiger partial charge in [-0.15, -0.1) is 0 Å². The van der Waals surface area contributed by atoms with Crippen LogP contribution >= 0.6 is 0 Å². The molecule has 16 heavy (non-hydrogen) atoms. The molecule has 96 valence electrons. The maximum Gasteiger partial charge on any atom is 0.279 e. The summed E-state index contributed by atoms with van der Waals surface area (Å²) in [6.45, 7) is 4.81. The summed E-state index contributed by atoms with van der Waals surface area (Å²) < 4.78 is 28.0. The van der Waals surface area contributed by atoms with E-state index in [4.69, 9.17) is 5.11 Å². The van der Waals surface area contributed by atoms with Crippen molar-refractivity contribution in [3.8, 4) is 0 Å². The number of hydrogen-bond donors (Lipinski definition) is 2. The van der Waals surface area contributed by atoms with E-state index in [1.54, 1.807) is 6.92 Å². The van der Waals surface area contributed by atoms with Crippen LogP contribution in [0.5, 0.6) is 0 Å². The lowest BCUT2D eigenvalue weighted by Gasteiger charge is -2.28. The van der Waals surface area contributed by atoms with Crippen molar-refractivity contribution < 1.29 is 13.5 Å². The summed E-state index contributed by atoms with van der Waals surface area (Å²) in [5.41, 5.74) is 0. The summed E-state index contributed by atoms with van der Waals surface area (Å²) >= 11 is 0. The summed E-state index contributed by atoms with van der Waals surface area (Å²) in [6, 6.07) is -0.239. The lowest BCUT2D eigenvalue weighted by Crippen LogP contribution is -2.48. The topological polar surface area (TPSA) is 69.6 Å². The van der Waals surface area contributed by atoms with E-state index >= 15 is 0 Å². The maximum atomic E-state index is 11.9. The molecule has 0 aromatic heterocycles. The molecule has 2 N–H and O–H groups in total. The summed E-state index contributed by atoms with van der Waals surface area (Å²) in [5.74, 6) is -0.0698. The van der Waals surface area contributed by atoms with Gasteiger partial charge in [-0.3, -0.25) is 0 Å². The second kappa shape index (κ2) is 5.95. The third-order valence-corrected chi connectivity index (χ3v) is 4.85. The van der Waals surface area contributed by atoms with Crippen molar-refractivity contribution in [2.24, 2.45) is 5.92 Å². The first kappa shape index (κ1) is 13.9. The van der Waals surface area contributed by atoms with Gasteiger partial charge in [-0.05, 0) is 25.7 Å². The number of nitrogens with zero attached hydrogens (tertiary/aromatic N) is 1. The number of nitrogens with one attached hydrogen (secondary N) is 1. The van der Waals surface area contributed by atoms with Crippen LogP contribution < -0.4 is 4.72 Å². The summed E-state index contributed by atoms with van der Waals surface area (Å²) in [5, 5.41) is 8.96.